The molecule has 6 heteroatoms. The first-order valence-corrected chi connectivity index (χ1v) is 5.79. The zero-order chi connectivity index (χ0) is 13.1. The van der Waals surface area contributed by atoms with Crippen LogP contribution in [0.25, 0.3) is 0 Å². The Kier molecular flexibility index (Phi) is 3.55. The summed E-state index contributed by atoms with van der Waals surface area (Å²) in [5.74, 6) is -0.658. The molecule has 0 amide bonds. The molecule has 1 unspecified atom stereocenters. The second-order valence-corrected chi connectivity index (χ2v) is 4.32. The fourth-order valence-electron chi connectivity index (χ4n) is 2.25. The summed E-state index contributed by atoms with van der Waals surface area (Å²) in [6, 6.07) is 3.10. The van der Waals surface area contributed by atoms with Crippen LogP contribution in [0.3, 0.4) is 0 Å². The van der Waals surface area contributed by atoms with Crippen LogP contribution in [-0.4, -0.2) is 23.8 Å². The third-order valence-corrected chi connectivity index (χ3v) is 3.12. The summed E-state index contributed by atoms with van der Waals surface area (Å²) >= 11 is 0. The molecule has 1 aromatic carbocycles. The van der Waals surface area contributed by atoms with Gasteiger partial charge in [-0.15, -0.1) is 0 Å². The number of carbonyl (C=O) groups is 1. The number of nitrogens with zero attached hydrogens (tertiary/aromatic N) is 2. The van der Waals surface area contributed by atoms with Crippen molar-refractivity contribution >= 4 is 17.7 Å². The zero-order valence-corrected chi connectivity index (χ0v) is 9.71. The monoisotopic (exact) mass is 252 g/mol. The van der Waals surface area contributed by atoms with Gasteiger partial charge in [0.15, 0.2) is 0 Å². The van der Waals surface area contributed by atoms with Crippen molar-refractivity contribution in [1.82, 2.24) is 0 Å². The third kappa shape index (κ3) is 2.47. The number of hydrogen-bond donors (Lipinski definition) is 0. The SMILES string of the molecule is O=CC1CCCCN1c1cc(F)cc([N+](=O)[O-])c1. The van der Waals surface area contributed by atoms with E-state index in [4.69, 9.17) is 0 Å². The fourth-order valence-corrected chi connectivity index (χ4v) is 2.25. The van der Waals surface area contributed by atoms with Crippen molar-refractivity contribution in [3.63, 3.8) is 0 Å². The van der Waals surface area contributed by atoms with E-state index in [1.165, 1.54) is 12.1 Å². The molecule has 1 atom stereocenters. The van der Waals surface area contributed by atoms with Gasteiger partial charge in [0.25, 0.3) is 5.69 Å². The lowest BCUT2D eigenvalue weighted by Gasteiger charge is -2.34. The largest absolute Gasteiger partial charge is 0.361 e. The molecule has 0 saturated carbocycles. The molecule has 0 spiro atoms. The first-order valence-electron chi connectivity index (χ1n) is 5.79. The highest BCUT2D eigenvalue weighted by Gasteiger charge is 2.24. The van der Waals surface area contributed by atoms with Crippen LogP contribution in [-0.2, 0) is 4.79 Å². The Morgan fingerprint density at radius 1 is 1.39 bits per heavy atom. The van der Waals surface area contributed by atoms with Crippen LogP contribution in [0, 0.1) is 15.9 Å². The molecule has 1 saturated heterocycles. The second kappa shape index (κ2) is 5.12. The number of anilines is 1. The molecule has 0 radical (unpaired) electrons. The Balaban J connectivity index is 2.36. The van der Waals surface area contributed by atoms with E-state index in [2.05, 4.69) is 0 Å². The fraction of sp³-hybridized carbons (Fsp3) is 0.417. The molecule has 96 valence electrons. The summed E-state index contributed by atoms with van der Waals surface area (Å²) < 4.78 is 13.4. The molecule has 18 heavy (non-hydrogen) atoms. The van der Waals surface area contributed by atoms with Crippen molar-refractivity contribution in [3.8, 4) is 0 Å². The molecule has 1 aliphatic rings. The maximum absolute atomic E-state index is 13.4. The lowest BCUT2D eigenvalue weighted by Crippen LogP contribution is -2.40. The Morgan fingerprint density at radius 2 is 2.17 bits per heavy atom. The number of carbonyl (C=O) groups excluding carboxylic acids is 1. The van der Waals surface area contributed by atoms with Crippen molar-refractivity contribution in [2.75, 3.05) is 11.4 Å². The highest BCUT2D eigenvalue weighted by Crippen LogP contribution is 2.28. The highest BCUT2D eigenvalue weighted by molar-refractivity contribution is 5.67. The van der Waals surface area contributed by atoms with E-state index >= 15 is 0 Å². The van der Waals surface area contributed by atoms with Gasteiger partial charge in [0.2, 0.25) is 0 Å². The number of nitro benzene ring substituents is 1. The summed E-state index contributed by atoms with van der Waals surface area (Å²) in [6.45, 7) is 0.615. The summed E-state index contributed by atoms with van der Waals surface area (Å²) in [4.78, 5) is 22.8. The van der Waals surface area contributed by atoms with E-state index < -0.39 is 10.7 Å². The molecule has 0 bridgehead atoms. The van der Waals surface area contributed by atoms with Crippen molar-refractivity contribution in [3.05, 3.63) is 34.1 Å². The third-order valence-electron chi connectivity index (χ3n) is 3.12. The van der Waals surface area contributed by atoms with Crippen molar-refractivity contribution < 1.29 is 14.1 Å². The molecule has 5 nitrogen and oxygen atoms in total. The van der Waals surface area contributed by atoms with E-state index in [9.17, 15) is 19.3 Å². The van der Waals surface area contributed by atoms with Crippen LogP contribution in [0.2, 0.25) is 0 Å². The summed E-state index contributed by atoms with van der Waals surface area (Å²) in [7, 11) is 0. The highest BCUT2D eigenvalue weighted by atomic mass is 19.1. The first kappa shape index (κ1) is 12.5. The minimum Gasteiger partial charge on any atom is -0.361 e. The van der Waals surface area contributed by atoms with Gasteiger partial charge >= 0.3 is 0 Å². The molecule has 0 N–H and O–H groups in total. The minimum absolute atomic E-state index is 0.291. The van der Waals surface area contributed by atoms with Crippen LogP contribution >= 0.6 is 0 Å². The molecule has 1 heterocycles. The molecule has 0 aromatic heterocycles. The maximum Gasteiger partial charge on any atom is 0.274 e. The number of aldehydes is 1. The lowest BCUT2D eigenvalue weighted by molar-refractivity contribution is -0.385. The smallest absolute Gasteiger partial charge is 0.274 e. The van der Waals surface area contributed by atoms with E-state index in [0.717, 1.165) is 25.2 Å². The topological polar surface area (TPSA) is 63.5 Å². The number of piperidine rings is 1. The van der Waals surface area contributed by atoms with Gasteiger partial charge in [-0.25, -0.2) is 4.39 Å². The molecule has 1 fully saturated rings. The molecule has 1 aromatic rings. The van der Waals surface area contributed by atoms with E-state index in [-0.39, 0.29) is 11.7 Å². The molecule has 0 aliphatic carbocycles. The number of non-ortho nitro benzene ring substituents is 1. The number of benzene rings is 1. The van der Waals surface area contributed by atoms with Crippen LogP contribution in [0.5, 0.6) is 0 Å². The number of rotatable bonds is 3. The van der Waals surface area contributed by atoms with Gasteiger partial charge in [-0.2, -0.15) is 0 Å². The van der Waals surface area contributed by atoms with Gasteiger partial charge in [0.1, 0.15) is 12.1 Å². The van der Waals surface area contributed by atoms with Crippen molar-refractivity contribution in [2.24, 2.45) is 0 Å². The predicted molar refractivity (Wildman–Crippen MR) is 64.1 cm³/mol. The van der Waals surface area contributed by atoms with Gasteiger partial charge in [0.05, 0.1) is 17.0 Å². The van der Waals surface area contributed by atoms with Gasteiger partial charge in [0, 0.05) is 18.3 Å². The molecule has 1 aliphatic heterocycles. The quantitative estimate of drug-likeness (QED) is 0.470. The molecule has 2 rings (SSSR count). The number of hydrogen-bond acceptors (Lipinski definition) is 4. The standard InChI is InChI=1S/C12H13FN2O3/c13-9-5-11(7-12(6-9)15(17)18)14-4-2-1-3-10(14)8-16/h5-8,10H,1-4H2. The van der Waals surface area contributed by atoms with Gasteiger partial charge < -0.3 is 9.69 Å². The maximum atomic E-state index is 13.4. The Labute approximate surface area is 103 Å². The minimum atomic E-state index is -0.658. The Hall–Kier alpha value is -1.98. The Morgan fingerprint density at radius 3 is 2.83 bits per heavy atom. The Bertz CT molecular complexity index is 478. The van der Waals surface area contributed by atoms with E-state index in [1.807, 2.05) is 0 Å². The summed E-state index contributed by atoms with van der Waals surface area (Å²) in [6.07, 6.45) is 3.36. The number of nitro groups is 1. The zero-order valence-electron chi connectivity index (χ0n) is 9.71. The first-order chi connectivity index (χ1) is 8.61. The molecular weight excluding hydrogens is 239 g/mol. The average molecular weight is 252 g/mol. The number of halogens is 1. The van der Waals surface area contributed by atoms with Crippen LogP contribution in [0.1, 0.15) is 19.3 Å². The van der Waals surface area contributed by atoms with Gasteiger partial charge in [-0.3, -0.25) is 10.1 Å². The normalized spacial score (nSPS) is 19.6. The predicted octanol–water partition coefficient (Wildman–Crippen LogP) is 2.29. The van der Waals surface area contributed by atoms with Crippen LogP contribution in [0.15, 0.2) is 18.2 Å². The van der Waals surface area contributed by atoms with Crippen LogP contribution < -0.4 is 4.90 Å². The molecular formula is C12H13FN2O3. The summed E-state index contributed by atoms with van der Waals surface area (Å²) in [5, 5.41) is 10.7. The second-order valence-electron chi connectivity index (χ2n) is 4.32. The van der Waals surface area contributed by atoms with Gasteiger partial charge in [-0.05, 0) is 25.3 Å². The average Bonchev–Trinajstić information content (AvgIpc) is 2.38. The summed E-state index contributed by atoms with van der Waals surface area (Å²) in [5.41, 5.74) is 0.110. The van der Waals surface area contributed by atoms with Crippen LogP contribution in [0.4, 0.5) is 15.8 Å². The lowest BCUT2D eigenvalue weighted by atomic mass is 10.0. The van der Waals surface area contributed by atoms with Crippen molar-refractivity contribution in [2.45, 2.75) is 25.3 Å². The van der Waals surface area contributed by atoms with Gasteiger partial charge in [-0.1, -0.05) is 0 Å². The van der Waals surface area contributed by atoms with Crippen molar-refractivity contribution in [1.29, 1.82) is 0 Å². The van der Waals surface area contributed by atoms with E-state index in [1.54, 1.807) is 4.90 Å². The van der Waals surface area contributed by atoms with E-state index in [0.29, 0.717) is 18.7 Å².